The Morgan fingerprint density at radius 2 is 2.08 bits per heavy atom. The van der Waals surface area contributed by atoms with Crippen LogP contribution >= 0.6 is 15.9 Å². The molecule has 3 heteroatoms. The highest BCUT2D eigenvalue weighted by atomic mass is 79.9. The third kappa shape index (κ3) is 1.86. The minimum absolute atomic E-state index is 0.176. The molecule has 1 atom stereocenters. The number of halogens is 1. The van der Waals surface area contributed by atoms with Gasteiger partial charge in [-0.1, -0.05) is 22.0 Å². The lowest BCUT2D eigenvalue weighted by Crippen LogP contribution is -2.12. The third-order valence-corrected chi connectivity index (χ3v) is 3.20. The molecule has 1 unspecified atom stereocenters. The molecule has 1 aliphatic rings. The summed E-state index contributed by atoms with van der Waals surface area (Å²) in [5.41, 5.74) is 13.7. The molecule has 13 heavy (non-hydrogen) atoms. The first-order valence-corrected chi connectivity index (χ1v) is 5.28. The number of benzene rings is 1. The number of hydrogen-bond acceptors (Lipinski definition) is 2. The van der Waals surface area contributed by atoms with Gasteiger partial charge in [0.05, 0.1) is 0 Å². The van der Waals surface area contributed by atoms with Crippen molar-refractivity contribution in [2.24, 2.45) is 11.7 Å². The maximum Gasteiger partial charge on any atom is 0.0334 e. The van der Waals surface area contributed by atoms with Gasteiger partial charge in [0, 0.05) is 16.2 Å². The molecule has 2 nitrogen and oxygen atoms in total. The van der Waals surface area contributed by atoms with Crippen molar-refractivity contribution in [3.8, 4) is 0 Å². The molecule has 0 heterocycles. The van der Waals surface area contributed by atoms with Crippen molar-refractivity contribution < 1.29 is 0 Å². The van der Waals surface area contributed by atoms with Gasteiger partial charge < -0.3 is 11.5 Å². The predicted octanol–water partition coefficient (Wildman–Crippen LogP) is 2.44. The zero-order valence-corrected chi connectivity index (χ0v) is 8.92. The molecule has 0 radical (unpaired) electrons. The molecule has 0 saturated heterocycles. The highest BCUT2D eigenvalue weighted by Gasteiger charge is 2.30. The molecular weight excluding hydrogens is 228 g/mol. The second-order valence-corrected chi connectivity index (χ2v) is 4.50. The Hall–Kier alpha value is -0.540. The van der Waals surface area contributed by atoms with Gasteiger partial charge in [0.15, 0.2) is 0 Å². The number of hydrogen-bond donors (Lipinski definition) is 2. The first-order valence-electron chi connectivity index (χ1n) is 4.49. The van der Waals surface area contributed by atoms with Crippen LogP contribution in [0.3, 0.4) is 0 Å². The van der Waals surface area contributed by atoms with Gasteiger partial charge >= 0.3 is 0 Å². The average Bonchev–Trinajstić information content (AvgIpc) is 2.85. The van der Waals surface area contributed by atoms with Crippen LogP contribution < -0.4 is 11.5 Å². The topological polar surface area (TPSA) is 52.0 Å². The van der Waals surface area contributed by atoms with Crippen LogP contribution in [0.15, 0.2) is 22.7 Å². The highest BCUT2D eigenvalue weighted by Crippen LogP contribution is 2.41. The third-order valence-electron chi connectivity index (χ3n) is 2.51. The largest absolute Gasteiger partial charge is 0.399 e. The van der Waals surface area contributed by atoms with Crippen molar-refractivity contribution >= 4 is 21.6 Å². The van der Waals surface area contributed by atoms with Gasteiger partial charge in [-0.25, -0.2) is 0 Å². The van der Waals surface area contributed by atoms with Crippen LogP contribution in [0.1, 0.15) is 24.4 Å². The summed E-state index contributed by atoms with van der Waals surface area (Å²) >= 11 is 3.48. The Morgan fingerprint density at radius 3 is 2.62 bits per heavy atom. The summed E-state index contributed by atoms with van der Waals surface area (Å²) in [6.45, 7) is 0. The maximum absolute atomic E-state index is 6.08. The quantitative estimate of drug-likeness (QED) is 0.781. The summed E-state index contributed by atoms with van der Waals surface area (Å²) < 4.78 is 1.03. The number of rotatable bonds is 2. The minimum Gasteiger partial charge on any atom is -0.399 e. The summed E-state index contributed by atoms with van der Waals surface area (Å²) in [6.07, 6.45) is 2.52. The van der Waals surface area contributed by atoms with E-state index in [1.807, 2.05) is 18.2 Å². The van der Waals surface area contributed by atoms with E-state index in [9.17, 15) is 0 Å². The highest BCUT2D eigenvalue weighted by molar-refractivity contribution is 9.10. The van der Waals surface area contributed by atoms with Crippen molar-refractivity contribution in [3.05, 3.63) is 28.2 Å². The van der Waals surface area contributed by atoms with Gasteiger partial charge in [-0.05, 0) is 36.5 Å². The van der Waals surface area contributed by atoms with Gasteiger partial charge in [0.25, 0.3) is 0 Å². The normalized spacial score (nSPS) is 18.6. The molecule has 1 aromatic rings. The van der Waals surface area contributed by atoms with E-state index in [4.69, 9.17) is 11.5 Å². The number of nitrogens with two attached hydrogens (primary N) is 2. The first kappa shape index (κ1) is 9.03. The Kier molecular flexibility index (Phi) is 2.30. The van der Waals surface area contributed by atoms with E-state index in [1.165, 1.54) is 18.4 Å². The molecule has 0 aliphatic heterocycles. The minimum atomic E-state index is 0.176. The number of anilines is 1. The summed E-state index contributed by atoms with van der Waals surface area (Å²) in [7, 11) is 0. The Bertz CT molecular complexity index is 321. The second-order valence-electron chi connectivity index (χ2n) is 3.64. The molecule has 0 amide bonds. The molecule has 70 valence electrons. The van der Waals surface area contributed by atoms with Crippen LogP contribution in [-0.4, -0.2) is 0 Å². The van der Waals surface area contributed by atoms with Crippen LogP contribution in [0, 0.1) is 5.92 Å². The first-order chi connectivity index (χ1) is 6.18. The van der Waals surface area contributed by atoms with E-state index in [1.54, 1.807) is 0 Å². The molecule has 0 spiro atoms. The molecular formula is C10H13BrN2. The van der Waals surface area contributed by atoms with Crippen molar-refractivity contribution in [2.75, 3.05) is 5.73 Å². The molecule has 1 saturated carbocycles. The monoisotopic (exact) mass is 240 g/mol. The van der Waals surface area contributed by atoms with Gasteiger partial charge in [-0.15, -0.1) is 0 Å². The lowest BCUT2D eigenvalue weighted by Gasteiger charge is -2.12. The van der Waals surface area contributed by atoms with Gasteiger partial charge in [-0.2, -0.15) is 0 Å². The second kappa shape index (κ2) is 3.31. The van der Waals surface area contributed by atoms with Crippen molar-refractivity contribution in [1.82, 2.24) is 0 Å². The fourth-order valence-electron chi connectivity index (χ4n) is 1.52. The van der Waals surface area contributed by atoms with Crippen LogP contribution in [0.4, 0.5) is 5.69 Å². The fourth-order valence-corrected chi connectivity index (χ4v) is 2.18. The van der Waals surface area contributed by atoms with E-state index in [0.29, 0.717) is 5.92 Å². The number of nitrogen functional groups attached to an aromatic ring is 1. The SMILES string of the molecule is Nc1ccc(C(N)C2CC2)c(Br)c1. The molecule has 4 N–H and O–H groups in total. The smallest absolute Gasteiger partial charge is 0.0334 e. The van der Waals surface area contributed by atoms with Gasteiger partial charge in [-0.3, -0.25) is 0 Å². The van der Waals surface area contributed by atoms with E-state index in [-0.39, 0.29) is 6.04 Å². The fraction of sp³-hybridized carbons (Fsp3) is 0.400. The van der Waals surface area contributed by atoms with Crippen LogP contribution in [0.25, 0.3) is 0 Å². The Morgan fingerprint density at radius 1 is 1.38 bits per heavy atom. The summed E-state index contributed by atoms with van der Waals surface area (Å²) in [4.78, 5) is 0. The van der Waals surface area contributed by atoms with Crippen LogP contribution in [0.5, 0.6) is 0 Å². The summed E-state index contributed by atoms with van der Waals surface area (Å²) in [6, 6.07) is 6.01. The molecule has 0 bridgehead atoms. The van der Waals surface area contributed by atoms with Crippen LogP contribution in [0.2, 0.25) is 0 Å². The molecule has 1 aromatic carbocycles. The van der Waals surface area contributed by atoms with Crippen molar-refractivity contribution in [3.63, 3.8) is 0 Å². The maximum atomic E-state index is 6.08. The van der Waals surface area contributed by atoms with Crippen molar-refractivity contribution in [2.45, 2.75) is 18.9 Å². The zero-order chi connectivity index (χ0) is 9.42. The Balaban J connectivity index is 2.28. The van der Waals surface area contributed by atoms with Crippen molar-refractivity contribution in [1.29, 1.82) is 0 Å². The van der Waals surface area contributed by atoms with E-state index in [0.717, 1.165) is 10.2 Å². The molecule has 0 aromatic heterocycles. The molecule has 1 aliphatic carbocycles. The molecule has 1 fully saturated rings. The van der Waals surface area contributed by atoms with E-state index < -0.39 is 0 Å². The van der Waals surface area contributed by atoms with Crippen LogP contribution in [-0.2, 0) is 0 Å². The summed E-state index contributed by atoms with van der Waals surface area (Å²) in [5.74, 6) is 0.680. The predicted molar refractivity (Wildman–Crippen MR) is 58.2 cm³/mol. The zero-order valence-electron chi connectivity index (χ0n) is 7.33. The lowest BCUT2D eigenvalue weighted by molar-refractivity contribution is 0.631. The summed E-state index contributed by atoms with van der Waals surface area (Å²) in [5, 5.41) is 0. The van der Waals surface area contributed by atoms with E-state index >= 15 is 0 Å². The standard InChI is InChI=1S/C10H13BrN2/c11-9-5-7(12)3-4-8(9)10(13)6-1-2-6/h3-6,10H,1-2,12-13H2. The van der Waals surface area contributed by atoms with E-state index in [2.05, 4.69) is 15.9 Å². The molecule has 2 rings (SSSR count). The van der Waals surface area contributed by atoms with Gasteiger partial charge in [0.2, 0.25) is 0 Å². The van der Waals surface area contributed by atoms with Gasteiger partial charge in [0.1, 0.15) is 0 Å². The Labute approximate surface area is 86.4 Å². The average molecular weight is 241 g/mol. The lowest BCUT2D eigenvalue weighted by atomic mass is 10.0.